The highest BCUT2D eigenvalue weighted by molar-refractivity contribution is 7.52. The Morgan fingerprint density at radius 1 is 1.00 bits per heavy atom. The second kappa shape index (κ2) is 10.3. The van der Waals surface area contributed by atoms with E-state index >= 15 is 0 Å². The summed E-state index contributed by atoms with van der Waals surface area (Å²) in [5, 5.41) is 78.8. The van der Waals surface area contributed by atoms with Crippen LogP contribution in [-0.4, -0.2) is 137 Å². The first kappa shape index (κ1) is 26.9. The topological polar surface area (TPSA) is 256 Å². The number of ether oxygens (including phenoxy) is 4. The van der Waals surface area contributed by atoms with Gasteiger partial charge >= 0.3 is 7.60 Å². The van der Waals surface area contributed by atoms with Gasteiger partial charge in [0.25, 0.3) is 0 Å². The first-order valence-electron chi connectivity index (χ1n) is 9.27. The maximum Gasteiger partial charge on any atom is 0.356 e. The van der Waals surface area contributed by atoms with E-state index in [0.29, 0.717) is 0 Å². The Labute approximate surface area is 176 Å². The van der Waals surface area contributed by atoms with Crippen molar-refractivity contribution >= 4 is 7.60 Å². The van der Waals surface area contributed by atoms with E-state index in [1.165, 1.54) is 0 Å². The van der Waals surface area contributed by atoms with Gasteiger partial charge in [0.05, 0.1) is 19.3 Å². The number of rotatable bonds is 9. The Bertz CT molecular complexity index is 630. The molecule has 2 aliphatic rings. The lowest BCUT2D eigenvalue weighted by atomic mass is 9.99. The Kier molecular flexibility index (Phi) is 8.94. The van der Waals surface area contributed by atoms with Crippen molar-refractivity contribution in [3.8, 4) is 0 Å². The van der Waals surface area contributed by atoms with Gasteiger partial charge in [0.1, 0.15) is 49.3 Å². The molecule has 2 fully saturated rings. The summed E-state index contributed by atoms with van der Waals surface area (Å²) in [7, 11) is -4.88. The minimum atomic E-state index is -4.88. The van der Waals surface area contributed by atoms with E-state index in [9.17, 15) is 45.4 Å². The van der Waals surface area contributed by atoms with Crippen LogP contribution in [0.4, 0.5) is 0 Å². The SMILES string of the molecule is CC(OC[C@H]1O[C@@](CO)(O[C@H]2O[C@H](CO)[C@@H](O)[C@H](O)[C@H]2O)[C@@H](O)[C@@H]1O)C(O)P(=O)(O)O. The van der Waals surface area contributed by atoms with Gasteiger partial charge < -0.3 is 69.6 Å². The van der Waals surface area contributed by atoms with Crippen LogP contribution in [0.5, 0.6) is 0 Å². The molecule has 0 saturated carbocycles. The maximum absolute atomic E-state index is 11.1. The maximum atomic E-state index is 11.1. The van der Waals surface area contributed by atoms with E-state index in [4.69, 9.17) is 28.7 Å². The van der Waals surface area contributed by atoms with Crippen LogP contribution < -0.4 is 0 Å². The summed E-state index contributed by atoms with van der Waals surface area (Å²) in [6.07, 6.45) is -15.1. The molecule has 0 aromatic carbocycles. The molecule has 0 spiro atoms. The van der Waals surface area contributed by atoms with Gasteiger partial charge in [-0.2, -0.15) is 0 Å². The molecule has 0 aromatic heterocycles. The highest BCUT2D eigenvalue weighted by atomic mass is 31.2. The van der Waals surface area contributed by atoms with Crippen LogP contribution in [0, 0.1) is 0 Å². The lowest BCUT2D eigenvalue weighted by Crippen LogP contribution is -2.62. The molecule has 0 bridgehead atoms. The van der Waals surface area contributed by atoms with Crippen molar-refractivity contribution in [1.29, 1.82) is 0 Å². The molecule has 16 heteroatoms. The number of hydrogen-bond acceptors (Lipinski definition) is 13. The van der Waals surface area contributed by atoms with Gasteiger partial charge in [-0.15, -0.1) is 0 Å². The predicted octanol–water partition coefficient (Wildman–Crippen LogP) is -5.49. The quantitative estimate of drug-likeness (QED) is 0.138. The molecule has 2 saturated heterocycles. The fourth-order valence-electron chi connectivity index (χ4n) is 3.22. The van der Waals surface area contributed by atoms with Crippen LogP contribution in [0.15, 0.2) is 0 Å². The minimum Gasteiger partial charge on any atom is -0.394 e. The van der Waals surface area contributed by atoms with E-state index in [2.05, 4.69) is 0 Å². The molecule has 0 radical (unpaired) electrons. The molecule has 2 rings (SSSR count). The zero-order valence-electron chi connectivity index (χ0n) is 16.4. The monoisotopic (exact) mass is 480 g/mol. The number of hydrogen-bond donors (Lipinski definition) is 10. The van der Waals surface area contributed by atoms with Crippen LogP contribution >= 0.6 is 7.60 Å². The Morgan fingerprint density at radius 2 is 1.61 bits per heavy atom. The summed E-state index contributed by atoms with van der Waals surface area (Å²) in [6, 6.07) is 0. The predicted molar refractivity (Wildman–Crippen MR) is 95.0 cm³/mol. The molecule has 2 heterocycles. The molecule has 0 amide bonds. The van der Waals surface area contributed by atoms with E-state index in [1.54, 1.807) is 0 Å². The van der Waals surface area contributed by atoms with Crippen molar-refractivity contribution in [2.45, 2.75) is 73.7 Å². The molecule has 10 N–H and O–H groups in total. The van der Waals surface area contributed by atoms with Gasteiger partial charge in [0, 0.05) is 0 Å². The van der Waals surface area contributed by atoms with Crippen LogP contribution in [0.25, 0.3) is 0 Å². The van der Waals surface area contributed by atoms with Crippen molar-refractivity contribution in [2.75, 3.05) is 19.8 Å². The first-order chi connectivity index (χ1) is 14.3. The number of aliphatic hydroxyl groups excluding tert-OH is 8. The fraction of sp³-hybridized carbons (Fsp3) is 1.00. The normalized spacial score (nSPS) is 43.7. The molecule has 11 atom stereocenters. The lowest BCUT2D eigenvalue weighted by Gasteiger charge is -2.43. The van der Waals surface area contributed by atoms with Crippen LogP contribution in [0.1, 0.15) is 6.92 Å². The fourth-order valence-corrected chi connectivity index (χ4v) is 3.86. The van der Waals surface area contributed by atoms with E-state index in [1.807, 2.05) is 0 Å². The minimum absolute atomic E-state index is 0.601. The van der Waals surface area contributed by atoms with Crippen molar-refractivity contribution in [2.24, 2.45) is 0 Å². The van der Waals surface area contributed by atoms with Crippen LogP contribution in [-0.2, 0) is 23.5 Å². The zero-order chi connectivity index (χ0) is 23.7. The lowest BCUT2D eigenvalue weighted by molar-refractivity contribution is -0.384. The number of aliphatic hydroxyl groups is 8. The van der Waals surface area contributed by atoms with Gasteiger partial charge in [0.2, 0.25) is 5.79 Å². The van der Waals surface area contributed by atoms with Gasteiger partial charge in [0.15, 0.2) is 12.1 Å². The molecule has 184 valence electrons. The van der Waals surface area contributed by atoms with E-state index in [-0.39, 0.29) is 0 Å². The molecule has 15 nitrogen and oxygen atoms in total. The molecule has 0 aromatic rings. The summed E-state index contributed by atoms with van der Waals surface area (Å²) < 4.78 is 32.0. The highest BCUT2D eigenvalue weighted by Gasteiger charge is 2.58. The highest BCUT2D eigenvalue weighted by Crippen LogP contribution is 2.42. The Hall–Kier alpha value is -0.330. The zero-order valence-corrected chi connectivity index (χ0v) is 17.2. The second-order valence-electron chi connectivity index (χ2n) is 7.42. The van der Waals surface area contributed by atoms with Crippen LogP contribution in [0.2, 0.25) is 0 Å². The van der Waals surface area contributed by atoms with Gasteiger partial charge in [-0.1, -0.05) is 0 Å². The third kappa shape index (κ3) is 5.60. The second-order valence-corrected chi connectivity index (χ2v) is 9.13. The molecular formula is C15H29O15P. The van der Waals surface area contributed by atoms with Crippen molar-refractivity contribution in [1.82, 2.24) is 0 Å². The van der Waals surface area contributed by atoms with Crippen molar-refractivity contribution in [3.63, 3.8) is 0 Å². The summed E-state index contributed by atoms with van der Waals surface area (Å²) in [5.41, 5.74) is 0. The summed E-state index contributed by atoms with van der Waals surface area (Å²) in [5.74, 6) is -4.56. The molecule has 2 aliphatic heterocycles. The Morgan fingerprint density at radius 3 is 2.13 bits per heavy atom. The van der Waals surface area contributed by atoms with E-state index in [0.717, 1.165) is 6.92 Å². The first-order valence-corrected chi connectivity index (χ1v) is 10.9. The molecule has 0 aliphatic carbocycles. The van der Waals surface area contributed by atoms with Gasteiger partial charge in [-0.25, -0.2) is 0 Å². The van der Waals surface area contributed by atoms with Crippen molar-refractivity contribution < 1.29 is 74.2 Å². The Balaban J connectivity index is 2.10. The van der Waals surface area contributed by atoms with Gasteiger partial charge in [-0.3, -0.25) is 4.57 Å². The average molecular weight is 480 g/mol. The van der Waals surface area contributed by atoms with E-state index < -0.39 is 94.2 Å². The molecular weight excluding hydrogens is 451 g/mol. The third-order valence-corrected chi connectivity index (χ3v) is 6.29. The van der Waals surface area contributed by atoms with Gasteiger partial charge in [-0.05, 0) is 6.92 Å². The third-order valence-electron chi connectivity index (χ3n) is 5.18. The molecule has 2 unspecified atom stereocenters. The average Bonchev–Trinajstić information content (AvgIpc) is 2.96. The van der Waals surface area contributed by atoms with Crippen molar-refractivity contribution in [3.05, 3.63) is 0 Å². The molecule has 31 heavy (non-hydrogen) atoms. The summed E-state index contributed by atoms with van der Waals surface area (Å²) in [6.45, 7) is -1.31. The largest absolute Gasteiger partial charge is 0.394 e. The smallest absolute Gasteiger partial charge is 0.356 e. The summed E-state index contributed by atoms with van der Waals surface area (Å²) >= 11 is 0. The standard InChI is InChI=1S/C15H29O15P/c1-5(13(23)31(24,25)26)27-3-7-9(19)12(22)15(4-17,29-7)30-14-11(21)10(20)8(18)6(2-16)28-14/h5-14,16-23H,2-4H2,1H3,(H2,24,25,26)/t5?,6-,7-,8-,9-,10+,11-,12+,13?,14-,15+/m1/s1. The summed E-state index contributed by atoms with van der Waals surface area (Å²) in [4.78, 5) is 17.9. The van der Waals surface area contributed by atoms with Crippen LogP contribution in [0.3, 0.4) is 0 Å².